The van der Waals surface area contributed by atoms with Crippen LogP contribution in [0.15, 0.2) is 6.20 Å². The Kier molecular flexibility index (Phi) is 2.62. The van der Waals surface area contributed by atoms with Crippen molar-refractivity contribution in [3.63, 3.8) is 0 Å². The van der Waals surface area contributed by atoms with Crippen LogP contribution in [0.1, 0.15) is 30.3 Å². The highest BCUT2D eigenvalue weighted by Crippen LogP contribution is 2.30. The summed E-state index contributed by atoms with van der Waals surface area (Å²) in [5.41, 5.74) is 6.48. The third-order valence-corrected chi connectivity index (χ3v) is 2.73. The maximum atomic E-state index is 12.0. The number of hydrogen-bond acceptors (Lipinski definition) is 3. The number of rotatable bonds is 4. The maximum Gasteiger partial charge on any atom is 0.274 e. The number of nitrogens with one attached hydrogen (secondary N) is 1. The van der Waals surface area contributed by atoms with Gasteiger partial charge in [0.1, 0.15) is 5.69 Å². The minimum atomic E-state index is -0.0422. The molecule has 0 bridgehead atoms. The van der Waals surface area contributed by atoms with Crippen molar-refractivity contribution < 1.29 is 4.79 Å². The second-order valence-corrected chi connectivity index (χ2v) is 3.99. The predicted molar refractivity (Wildman–Crippen MR) is 57.3 cm³/mol. The van der Waals surface area contributed by atoms with Crippen molar-refractivity contribution in [2.75, 3.05) is 18.8 Å². The highest BCUT2D eigenvalue weighted by molar-refractivity contribution is 5.96. The van der Waals surface area contributed by atoms with Gasteiger partial charge < -0.3 is 10.6 Å². The van der Waals surface area contributed by atoms with E-state index in [0.29, 0.717) is 23.8 Å². The lowest BCUT2D eigenvalue weighted by Crippen LogP contribution is -2.33. The first kappa shape index (κ1) is 10.0. The van der Waals surface area contributed by atoms with Crippen LogP contribution in [0, 0.1) is 5.92 Å². The number of amides is 1. The first-order chi connectivity index (χ1) is 7.22. The zero-order chi connectivity index (χ0) is 10.8. The molecule has 1 heterocycles. The van der Waals surface area contributed by atoms with Crippen LogP contribution in [0.3, 0.4) is 0 Å². The second kappa shape index (κ2) is 3.92. The summed E-state index contributed by atoms with van der Waals surface area (Å²) in [6, 6.07) is 0. The number of aromatic nitrogens is 2. The van der Waals surface area contributed by atoms with E-state index in [2.05, 4.69) is 10.2 Å². The highest BCUT2D eigenvalue weighted by Gasteiger charge is 2.27. The molecule has 1 aromatic heterocycles. The molecule has 0 aliphatic heterocycles. The van der Waals surface area contributed by atoms with Crippen LogP contribution >= 0.6 is 0 Å². The number of aromatic amines is 1. The SMILES string of the molecule is CCN(CC1CC1)C(=O)c1[nH]ncc1N. The molecule has 1 aliphatic carbocycles. The lowest BCUT2D eigenvalue weighted by molar-refractivity contribution is 0.0752. The summed E-state index contributed by atoms with van der Waals surface area (Å²) < 4.78 is 0. The van der Waals surface area contributed by atoms with Gasteiger partial charge in [-0.3, -0.25) is 9.89 Å². The van der Waals surface area contributed by atoms with Crippen molar-refractivity contribution >= 4 is 11.6 Å². The largest absolute Gasteiger partial charge is 0.396 e. The summed E-state index contributed by atoms with van der Waals surface area (Å²) in [4.78, 5) is 13.8. The topological polar surface area (TPSA) is 75.0 Å². The number of hydrogen-bond donors (Lipinski definition) is 2. The van der Waals surface area contributed by atoms with Crippen LogP contribution < -0.4 is 5.73 Å². The summed E-state index contributed by atoms with van der Waals surface area (Å²) in [7, 11) is 0. The number of carbonyl (C=O) groups excluding carboxylic acids is 1. The van der Waals surface area contributed by atoms with Gasteiger partial charge in [0.2, 0.25) is 0 Å². The molecule has 0 unspecified atom stereocenters. The van der Waals surface area contributed by atoms with E-state index in [1.165, 1.54) is 19.0 Å². The highest BCUT2D eigenvalue weighted by atomic mass is 16.2. The molecule has 15 heavy (non-hydrogen) atoms. The maximum absolute atomic E-state index is 12.0. The molecule has 1 saturated carbocycles. The molecule has 82 valence electrons. The molecular formula is C10H16N4O. The van der Waals surface area contributed by atoms with E-state index in [4.69, 9.17) is 5.73 Å². The lowest BCUT2D eigenvalue weighted by Gasteiger charge is -2.19. The molecule has 0 atom stereocenters. The van der Waals surface area contributed by atoms with Crippen molar-refractivity contribution in [3.05, 3.63) is 11.9 Å². The quantitative estimate of drug-likeness (QED) is 0.770. The average Bonchev–Trinajstić information content (AvgIpc) is 2.95. The number of nitrogen functional groups attached to an aromatic ring is 1. The molecule has 3 N–H and O–H groups in total. The van der Waals surface area contributed by atoms with Crippen molar-refractivity contribution in [1.29, 1.82) is 0 Å². The van der Waals surface area contributed by atoms with E-state index in [1.54, 1.807) is 0 Å². The molecule has 0 spiro atoms. The molecule has 1 amide bonds. The molecule has 5 heteroatoms. The Balaban J connectivity index is 2.07. The third kappa shape index (κ3) is 2.11. The molecule has 0 radical (unpaired) electrons. The molecular weight excluding hydrogens is 192 g/mol. The molecule has 2 rings (SSSR count). The van der Waals surface area contributed by atoms with E-state index in [-0.39, 0.29) is 5.91 Å². The van der Waals surface area contributed by atoms with Crippen LogP contribution in [-0.2, 0) is 0 Å². The van der Waals surface area contributed by atoms with Crippen LogP contribution in [0.25, 0.3) is 0 Å². The fraction of sp³-hybridized carbons (Fsp3) is 0.600. The van der Waals surface area contributed by atoms with Gasteiger partial charge in [0.15, 0.2) is 0 Å². The minimum Gasteiger partial charge on any atom is -0.396 e. The third-order valence-electron chi connectivity index (χ3n) is 2.73. The van der Waals surface area contributed by atoms with Crippen LogP contribution in [0.4, 0.5) is 5.69 Å². The Bertz CT molecular complexity index is 356. The Morgan fingerprint density at radius 3 is 2.93 bits per heavy atom. The van der Waals surface area contributed by atoms with Crippen LogP contribution in [-0.4, -0.2) is 34.1 Å². The number of carbonyl (C=O) groups is 1. The summed E-state index contributed by atoms with van der Waals surface area (Å²) in [5, 5.41) is 6.40. The van der Waals surface area contributed by atoms with Crippen molar-refractivity contribution in [3.8, 4) is 0 Å². The second-order valence-electron chi connectivity index (χ2n) is 3.99. The first-order valence-corrected chi connectivity index (χ1v) is 5.30. The van der Waals surface area contributed by atoms with Gasteiger partial charge in [-0.05, 0) is 25.7 Å². The predicted octanol–water partition coefficient (Wildman–Crippen LogP) is 0.864. The Morgan fingerprint density at radius 1 is 1.73 bits per heavy atom. The molecule has 5 nitrogen and oxygen atoms in total. The van der Waals surface area contributed by atoms with E-state index in [0.717, 1.165) is 6.54 Å². The zero-order valence-electron chi connectivity index (χ0n) is 8.86. The fourth-order valence-corrected chi connectivity index (χ4v) is 1.59. The summed E-state index contributed by atoms with van der Waals surface area (Å²) >= 11 is 0. The minimum absolute atomic E-state index is 0.0422. The summed E-state index contributed by atoms with van der Waals surface area (Å²) in [6.07, 6.45) is 3.95. The van der Waals surface area contributed by atoms with Gasteiger partial charge in [0.25, 0.3) is 5.91 Å². The number of nitrogens with two attached hydrogens (primary N) is 1. The first-order valence-electron chi connectivity index (χ1n) is 5.30. The van der Waals surface area contributed by atoms with Crippen LogP contribution in [0.2, 0.25) is 0 Å². The number of H-pyrrole nitrogens is 1. The van der Waals surface area contributed by atoms with Gasteiger partial charge in [-0.2, -0.15) is 5.10 Å². The van der Waals surface area contributed by atoms with E-state index in [9.17, 15) is 4.79 Å². The van der Waals surface area contributed by atoms with E-state index >= 15 is 0 Å². The Morgan fingerprint density at radius 2 is 2.47 bits per heavy atom. The lowest BCUT2D eigenvalue weighted by atomic mass is 10.3. The van der Waals surface area contributed by atoms with Gasteiger partial charge in [-0.15, -0.1) is 0 Å². The van der Waals surface area contributed by atoms with Gasteiger partial charge in [0, 0.05) is 13.1 Å². The van der Waals surface area contributed by atoms with Gasteiger partial charge in [-0.25, -0.2) is 0 Å². The molecule has 1 fully saturated rings. The van der Waals surface area contributed by atoms with Gasteiger partial charge in [0.05, 0.1) is 11.9 Å². The normalized spacial score (nSPS) is 15.3. The monoisotopic (exact) mass is 208 g/mol. The van der Waals surface area contributed by atoms with E-state index in [1.807, 2.05) is 11.8 Å². The smallest absolute Gasteiger partial charge is 0.274 e. The summed E-state index contributed by atoms with van der Waals surface area (Å²) in [5.74, 6) is 0.650. The van der Waals surface area contributed by atoms with Gasteiger partial charge in [-0.1, -0.05) is 0 Å². The number of anilines is 1. The van der Waals surface area contributed by atoms with Crippen molar-refractivity contribution in [1.82, 2.24) is 15.1 Å². The standard InChI is InChI=1S/C10H16N4O/c1-2-14(6-7-3-4-7)10(15)9-8(11)5-12-13-9/h5,7H,2-4,6,11H2,1H3,(H,12,13). The van der Waals surface area contributed by atoms with Gasteiger partial charge >= 0.3 is 0 Å². The Hall–Kier alpha value is -1.52. The molecule has 0 saturated heterocycles. The fourth-order valence-electron chi connectivity index (χ4n) is 1.59. The van der Waals surface area contributed by atoms with E-state index < -0.39 is 0 Å². The van der Waals surface area contributed by atoms with Crippen LogP contribution in [0.5, 0.6) is 0 Å². The molecule has 1 aromatic rings. The molecule has 1 aliphatic rings. The average molecular weight is 208 g/mol. The molecule has 0 aromatic carbocycles. The van der Waals surface area contributed by atoms with Crippen molar-refractivity contribution in [2.24, 2.45) is 5.92 Å². The number of nitrogens with zero attached hydrogens (tertiary/aromatic N) is 2. The summed E-state index contributed by atoms with van der Waals surface area (Å²) in [6.45, 7) is 3.54. The zero-order valence-corrected chi connectivity index (χ0v) is 8.86. The Labute approximate surface area is 88.6 Å². The van der Waals surface area contributed by atoms with Crippen molar-refractivity contribution in [2.45, 2.75) is 19.8 Å².